The Morgan fingerprint density at radius 2 is 2.36 bits per heavy atom. The van der Waals surface area contributed by atoms with Gasteiger partial charge in [-0.25, -0.2) is 0 Å². The molecule has 0 aromatic heterocycles. The lowest BCUT2D eigenvalue weighted by Crippen LogP contribution is -2.45. The van der Waals surface area contributed by atoms with E-state index in [0.29, 0.717) is 6.04 Å². The SMILES string of the molecule is C=CCN1CCOCC1CCCCC. The molecule has 0 aromatic carbocycles. The van der Waals surface area contributed by atoms with Crippen molar-refractivity contribution in [3.8, 4) is 0 Å². The van der Waals surface area contributed by atoms with E-state index in [4.69, 9.17) is 4.74 Å². The Morgan fingerprint density at radius 3 is 3.07 bits per heavy atom. The van der Waals surface area contributed by atoms with Gasteiger partial charge in [-0.3, -0.25) is 4.90 Å². The summed E-state index contributed by atoms with van der Waals surface area (Å²) in [6.45, 7) is 9.94. The van der Waals surface area contributed by atoms with E-state index in [1.165, 1.54) is 25.7 Å². The molecule has 1 unspecified atom stereocenters. The molecule has 1 fully saturated rings. The fraction of sp³-hybridized carbons (Fsp3) is 0.833. The second-order valence-electron chi connectivity index (χ2n) is 4.01. The van der Waals surface area contributed by atoms with Crippen LogP contribution in [0.25, 0.3) is 0 Å². The fourth-order valence-corrected chi connectivity index (χ4v) is 1.99. The van der Waals surface area contributed by atoms with E-state index in [1.54, 1.807) is 0 Å². The van der Waals surface area contributed by atoms with E-state index in [-0.39, 0.29) is 0 Å². The lowest BCUT2D eigenvalue weighted by Gasteiger charge is -2.34. The van der Waals surface area contributed by atoms with Gasteiger partial charge in [0.05, 0.1) is 13.2 Å². The molecule has 14 heavy (non-hydrogen) atoms. The van der Waals surface area contributed by atoms with E-state index in [0.717, 1.165) is 26.3 Å². The van der Waals surface area contributed by atoms with Crippen LogP contribution in [0.1, 0.15) is 32.6 Å². The zero-order valence-electron chi connectivity index (χ0n) is 9.37. The van der Waals surface area contributed by atoms with Crippen molar-refractivity contribution in [3.05, 3.63) is 12.7 Å². The molecule has 1 heterocycles. The zero-order valence-corrected chi connectivity index (χ0v) is 9.37. The van der Waals surface area contributed by atoms with Crippen LogP contribution in [0.5, 0.6) is 0 Å². The lowest BCUT2D eigenvalue weighted by atomic mass is 10.1. The van der Waals surface area contributed by atoms with Crippen molar-refractivity contribution in [2.24, 2.45) is 0 Å². The van der Waals surface area contributed by atoms with Crippen LogP contribution in [0.2, 0.25) is 0 Å². The normalized spacial score (nSPS) is 23.6. The third-order valence-electron chi connectivity index (χ3n) is 2.85. The summed E-state index contributed by atoms with van der Waals surface area (Å²) in [6, 6.07) is 0.633. The average molecular weight is 197 g/mol. The maximum Gasteiger partial charge on any atom is 0.0622 e. The van der Waals surface area contributed by atoms with E-state index in [2.05, 4.69) is 18.4 Å². The van der Waals surface area contributed by atoms with Gasteiger partial charge in [0.2, 0.25) is 0 Å². The number of hydrogen-bond acceptors (Lipinski definition) is 2. The van der Waals surface area contributed by atoms with Crippen LogP contribution in [-0.2, 0) is 4.74 Å². The maximum absolute atomic E-state index is 5.51. The first kappa shape index (κ1) is 11.7. The predicted octanol–water partition coefficient (Wildman–Crippen LogP) is 2.45. The van der Waals surface area contributed by atoms with Gasteiger partial charge < -0.3 is 4.74 Å². The smallest absolute Gasteiger partial charge is 0.0622 e. The topological polar surface area (TPSA) is 12.5 Å². The molecule has 0 spiro atoms. The zero-order chi connectivity index (χ0) is 10.2. The van der Waals surface area contributed by atoms with Crippen LogP contribution in [0.15, 0.2) is 12.7 Å². The second kappa shape index (κ2) is 7.02. The number of hydrogen-bond donors (Lipinski definition) is 0. The van der Waals surface area contributed by atoms with Crippen molar-refractivity contribution in [1.82, 2.24) is 4.90 Å². The molecule has 1 saturated heterocycles. The average Bonchev–Trinajstić information content (AvgIpc) is 2.21. The largest absolute Gasteiger partial charge is 0.378 e. The number of nitrogens with zero attached hydrogens (tertiary/aromatic N) is 1. The summed E-state index contributed by atoms with van der Waals surface area (Å²) in [5.74, 6) is 0. The minimum Gasteiger partial charge on any atom is -0.378 e. The molecule has 1 atom stereocenters. The summed E-state index contributed by atoms with van der Waals surface area (Å²) in [7, 11) is 0. The summed E-state index contributed by atoms with van der Waals surface area (Å²) in [5.41, 5.74) is 0. The maximum atomic E-state index is 5.51. The van der Waals surface area contributed by atoms with Crippen LogP contribution >= 0.6 is 0 Å². The molecule has 0 amide bonds. The van der Waals surface area contributed by atoms with Crippen LogP contribution in [-0.4, -0.2) is 37.2 Å². The van der Waals surface area contributed by atoms with Crippen LogP contribution < -0.4 is 0 Å². The Hall–Kier alpha value is -0.340. The van der Waals surface area contributed by atoms with Crippen molar-refractivity contribution < 1.29 is 4.74 Å². The van der Waals surface area contributed by atoms with Gasteiger partial charge >= 0.3 is 0 Å². The highest BCUT2D eigenvalue weighted by atomic mass is 16.5. The van der Waals surface area contributed by atoms with Gasteiger partial charge in [0.15, 0.2) is 0 Å². The number of unbranched alkanes of at least 4 members (excludes halogenated alkanes) is 2. The van der Waals surface area contributed by atoms with Gasteiger partial charge in [-0.05, 0) is 6.42 Å². The van der Waals surface area contributed by atoms with Crippen molar-refractivity contribution in [1.29, 1.82) is 0 Å². The van der Waals surface area contributed by atoms with Crippen molar-refractivity contribution in [2.75, 3.05) is 26.3 Å². The standard InChI is InChI=1S/C12H23NO/c1-3-5-6-7-12-11-14-10-9-13(12)8-4-2/h4,12H,2-3,5-11H2,1H3. The number of ether oxygens (including phenoxy) is 1. The van der Waals surface area contributed by atoms with Gasteiger partial charge in [-0.1, -0.05) is 32.3 Å². The Morgan fingerprint density at radius 1 is 1.50 bits per heavy atom. The molecule has 2 nitrogen and oxygen atoms in total. The van der Waals surface area contributed by atoms with Crippen LogP contribution in [0.4, 0.5) is 0 Å². The summed E-state index contributed by atoms with van der Waals surface area (Å²) in [4.78, 5) is 2.49. The van der Waals surface area contributed by atoms with Gasteiger partial charge in [-0.2, -0.15) is 0 Å². The second-order valence-corrected chi connectivity index (χ2v) is 4.01. The lowest BCUT2D eigenvalue weighted by molar-refractivity contribution is -0.00532. The Bertz CT molecular complexity index is 158. The molecular formula is C12H23NO. The molecule has 0 aromatic rings. The fourth-order valence-electron chi connectivity index (χ4n) is 1.99. The Labute approximate surface area is 87.9 Å². The molecule has 1 aliphatic heterocycles. The van der Waals surface area contributed by atoms with E-state index in [9.17, 15) is 0 Å². The van der Waals surface area contributed by atoms with E-state index in [1.807, 2.05) is 6.08 Å². The summed E-state index contributed by atoms with van der Waals surface area (Å²) < 4.78 is 5.51. The quantitative estimate of drug-likeness (QED) is 0.479. The van der Waals surface area contributed by atoms with Crippen molar-refractivity contribution >= 4 is 0 Å². The summed E-state index contributed by atoms with van der Waals surface area (Å²) in [6.07, 6.45) is 7.26. The number of morpholine rings is 1. The predicted molar refractivity (Wildman–Crippen MR) is 60.5 cm³/mol. The monoisotopic (exact) mass is 197 g/mol. The van der Waals surface area contributed by atoms with Crippen LogP contribution in [0, 0.1) is 0 Å². The molecular weight excluding hydrogens is 174 g/mol. The first-order valence-electron chi connectivity index (χ1n) is 5.81. The molecule has 0 saturated carbocycles. The van der Waals surface area contributed by atoms with Gasteiger partial charge in [0, 0.05) is 19.1 Å². The molecule has 1 aliphatic rings. The van der Waals surface area contributed by atoms with Gasteiger partial charge in [-0.15, -0.1) is 6.58 Å². The Kier molecular flexibility index (Phi) is 5.88. The molecule has 2 heteroatoms. The number of rotatable bonds is 6. The van der Waals surface area contributed by atoms with Gasteiger partial charge in [0.1, 0.15) is 0 Å². The first-order chi connectivity index (χ1) is 6.88. The molecule has 82 valence electrons. The highest BCUT2D eigenvalue weighted by Gasteiger charge is 2.20. The van der Waals surface area contributed by atoms with Crippen molar-refractivity contribution in [2.45, 2.75) is 38.6 Å². The molecule has 0 aliphatic carbocycles. The third-order valence-corrected chi connectivity index (χ3v) is 2.85. The molecule has 0 bridgehead atoms. The van der Waals surface area contributed by atoms with Gasteiger partial charge in [0.25, 0.3) is 0 Å². The minimum atomic E-state index is 0.633. The van der Waals surface area contributed by atoms with Crippen molar-refractivity contribution in [3.63, 3.8) is 0 Å². The van der Waals surface area contributed by atoms with E-state index < -0.39 is 0 Å². The summed E-state index contributed by atoms with van der Waals surface area (Å²) in [5, 5.41) is 0. The third kappa shape index (κ3) is 3.81. The molecule has 1 rings (SSSR count). The van der Waals surface area contributed by atoms with Crippen LogP contribution in [0.3, 0.4) is 0 Å². The molecule has 0 N–H and O–H groups in total. The Balaban J connectivity index is 2.26. The van der Waals surface area contributed by atoms with E-state index >= 15 is 0 Å². The summed E-state index contributed by atoms with van der Waals surface area (Å²) >= 11 is 0. The first-order valence-corrected chi connectivity index (χ1v) is 5.81. The highest BCUT2D eigenvalue weighted by Crippen LogP contribution is 2.13. The molecule has 0 radical (unpaired) electrons. The minimum absolute atomic E-state index is 0.633. The highest BCUT2D eigenvalue weighted by molar-refractivity contribution is 4.81.